The number of sulfonamides is 1. The van der Waals surface area contributed by atoms with E-state index in [0.29, 0.717) is 19.0 Å². The number of aryl methyl sites for hydroxylation is 1. The van der Waals surface area contributed by atoms with Crippen LogP contribution in [0.3, 0.4) is 0 Å². The van der Waals surface area contributed by atoms with Gasteiger partial charge < -0.3 is 0 Å². The summed E-state index contributed by atoms with van der Waals surface area (Å²) in [5.41, 5.74) is 0. The first-order valence-corrected chi connectivity index (χ1v) is 7.71. The first-order valence-electron chi connectivity index (χ1n) is 5.48. The van der Waals surface area contributed by atoms with Gasteiger partial charge in [-0.2, -0.15) is 4.31 Å². The molecule has 1 fully saturated rings. The predicted octanol–water partition coefficient (Wildman–Crippen LogP) is 0.998. The van der Waals surface area contributed by atoms with Crippen molar-refractivity contribution < 1.29 is 8.42 Å². The van der Waals surface area contributed by atoms with Crippen molar-refractivity contribution in [3.8, 4) is 0 Å². The molecule has 1 aromatic heterocycles. The van der Waals surface area contributed by atoms with Gasteiger partial charge in [0, 0.05) is 20.1 Å². The van der Waals surface area contributed by atoms with E-state index in [0.717, 1.165) is 12.8 Å². The number of hydrogen-bond donors (Lipinski definition) is 0. The van der Waals surface area contributed by atoms with Crippen LogP contribution in [0.15, 0.2) is 9.63 Å². The average molecular weight is 323 g/mol. The number of piperidine rings is 1. The Balaban J connectivity index is 2.36. The minimum atomic E-state index is -3.49. The smallest absolute Gasteiger partial charge is 0.235 e. The highest BCUT2D eigenvalue weighted by molar-refractivity contribution is 9.10. The zero-order valence-electron chi connectivity index (χ0n) is 9.80. The quantitative estimate of drug-likeness (QED) is 0.814. The molecule has 17 heavy (non-hydrogen) atoms. The van der Waals surface area contributed by atoms with Crippen molar-refractivity contribution >= 4 is 26.0 Å². The van der Waals surface area contributed by atoms with E-state index in [9.17, 15) is 8.42 Å². The first-order chi connectivity index (χ1) is 7.93. The number of halogens is 1. The Hall–Kier alpha value is -0.470. The van der Waals surface area contributed by atoms with Crippen LogP contribution in [0.2, 0.25) is 0 Å². The highest BCUT2D eigenvalue weighted by Gasteiger charge is 2.33. The second-order valence-corrected chi connectivity index (χ2v) is 7.02. The van der Waals surface area contributed by atoms with Gasteiger partial charge in [0.25, 0.3) is 10.0 Å². The van der Waals surface area contributed by atoms with E-state index in [1.54, 1.807) is 7.05 Å². The van der Waals surface area contributed by atoms with Gasteiger partial charge in [-0.3, -0.25) is 0 Å². The first kappa shape index (κ1) is 13.0. The highest BCUT2D eigenvalue weighted by Crippen LogP contribution is 2.26. The number of hydrogen-bond acceptors (Lipinski definition) is 4. The summed E-state index contributed by atoms with van der Waals surface area (Å²) in [4.78, 5) is 0. The molecule has 0 saturated carbocycles. The Bertz CT molecular complexity index is 494. The molecule has 8 heteroatoms. The van der Waals surface area contributed by atoms with Gasteiger partial charge in [0.15, 0.2) is 4.60 Å². The second-order valence-electron chi connectivity index (χ2n) is 4.42. The van der Waals surface area contributed by atoms with E-state index in [-0.39, 0.29) is 9.63 Å². The van der Waals surface area contributed by atoms with Crippen LogP contribution in [-0.4, -0.2) is 40.8 Å². The molecule has 1 unspecified atom stereocenters. The van der Waals surface area contributed by atoms with Crippen molar-refractivity contribution in [3.63, 3.8) is 0 Å². The molecule has 6 nitrogen and oxygen atoms in total. The van der Waals surface area contributed by atoms with E-state index in [1.165, 1.54) is 8.99 Å². The zero-order chi connectivity index (χ0) is 12.6. The number of rotatable bonds is 2. The number of nitrogens with zero attached hydrogens (tertiary/aromatic N) is 4. The summed E-state index contributed by atoms with van der Waals surface area (Å²) in [6, 6.07) is 0. The molecule has 1 atom stereocenters. The molecule has 0 radical (unpaired) electrons. The molecular weight excluding hydrogens is 308 g/mol. The van der Waals surface area contributed by atoms with Crippen LogP contribution in [0.1, 0.15) is 19.8 Å². The van der Waals surface area contributed by atoms with Gasteiger partial charge in [-0.1, -0.05) is 12.1 Å². The molecular formula is C9H15BrN4O2S. The minimum absolute atomic E-state index is 0.131. The van der Waals surface area contributed by atoms with E-state index in [4.69, 9.17) is 0 Å². The monoisotopic (exact) mass is 322 g/mol. The van der Waals surface area contributed by atoms with Crippen molar-refractivity contribution in [1.29, 1.82) is 0 Å². The van der Waals surface area contributed by atoms with E-state index in [1.807, 2.05) is 0 Å². The van der Waals surface area contributed by atoms with Gasteiger partial charge in [-0.15, -0.1) is 5.10 Å². The summed E-state index contributed by atoms with van der Waals surface area (Å²) in [5, 5.41) is 7.56. The van der Waals surface area contributed by atoms with Crippen LogP contribution < -0.4 is 0 Å². The fourth-order valence-electron chi connectivity index (χ4n) is 2.08. The van der Waals surface area contributed by atoms with Gasteiger partial charge in [0.2, 0.25) is 5.03 Å². The van der Waals surface area contributed by atoms with Crippen LogP contribution in [0.5, 0.6) is 0 Å². The summed E-state index contributed by atoms with van der Waals surface area (Å²) < 4.78 is 27.9. The van der Waals surface area contributed by atoms with Crippen molar-refractivity contribution in [1.82, 2.24) is 19.3 Å². The Morgan fingerprint density at radius 1 is 1.47 bits per heavy atom. The lowest BCUT2D eigenvalue weighted by molar-refractivity contribution is 0.279. The van der Waals surface area contributed by atoms with Crippen LogP contribution >= 0.6 is 15.9 Å². The summed E-state index contributed by atoms with van der Waals surface area (Å²) in [6.07, 6.45) is 1.99. The van der Waals surface area contributed by atoms with Crippen molar-refractivity contribution in [2.24, 2.45) is 13.0 Å². The van der Waals surface area contributed by atoms with E-state index < -0.39 is 10.0 Å². The Morgan fingerprint density at radius 2 is 2.18 bits per heavy atom. The summed E-state index contributed by atoms with van der Waals surface area (Å²) in [6.45, 7) is 3.21. The van der Waals surface area contributed by atoms with Crippen LogP contribution in [0.25, 0.3) is 0 Å². The van der Waals surface area contributed by atoms with E-state index in [2.05, 4.69) is 33.2 Å². The van der Waals surface area contributed by atoms with Crippen LogP contribution in [0, 0.1) is 5.92 Å². The maximum atomic E-state index is 12.4. The SMILES string of the molecule is CC1CCCN(S(=O)(=O)c2c(Br)nnn2C)C1. The van der Waals surface area contributed by atoms with Crippen molar-refractivity contribution in [2.45, 2.75) is 24.8 Å². The standard InChI is InChI=1S/C9H15BrN4O2S/c1-7-4-3-5-14(6-7)17(15,16)9-8(10)11-12-13(9)2/h7H,3-6H2,1-2H3. The Morgan fingerprint density at radius 3 is 2.71 bits per heavy atom. The Labute approximate surface area is 109 Å². The maximum absolute atomic E-state index is 12.4. The topological polar surface area (TPSA) is 68.1 Å². The molecule has 0 bridgehead atoms. The molecule has 1 aliphatic heterocycles. The van der Waals surface area contributed by atoms with Gasteiger partial charge >= 0.3 is 0 Å². The van der Waals surface area contributed by atoms with Crippen molar-refractivity contribution in [2.75, 3.05) is 13.1 Å². The van der Waals surface area contributed by atoms with Crippen LogP contribution in [0.4, 0.5) is 0 Å². The lowest BCUT2D eigenvalue weighted by atomic mass is 10.0. The maximum Gasteiger partial charge on any atom is 0.263 e. The molecule has 0 amide bonds. The molecule has 0 N–H and O–H groups in total. The van der Waals surface area contributed by atoms with Gasteiger partial charge in [-0.25, -0.2) is 13.1 Å². The van der Waals surface area contributed by atoms with Gasteiger partial charge in [-0.05, 0) is 34.7 Å². The molecule has 2 heterocycles. The molecule has 2 rings (SSSR count). The zero-order valence-corrected chi connectivity index (χ0v) is 12.2. The predicted molar refractivity (Wildman–Crippen MR) is 65.9 cm³/mol. The number of aromatic nitrogens is 3. The fraction of sp³-hybridized carbons (Fsp3) is 0.778. The lowest BCUT2D eigenvalue weighted by Gasteiger charge is -2.29. The summed E-state index contributed by atoms with van der Waals surface area (Å²) in [5.74, 6) is 0.401. The molecule has 0 aromatic carbocycles. The Kier molecular flexibility index (Phi) is 3.55. The summed E-state index contributed by atoms with van der Waals surface area (Å²) >= 11 is 3.13. The fourth-order valence-corrected chi connectivity index (χ4v) is 4.71. The lowest BCUT2D eigenvalue weighted by Crippen LogP contribution is -2.39. The minimum Gasteiger partial charge on any atom is -0.235 e. The van der Waals surface area contributed by atoms with Crippen LogP contribution in [-0.2, 0) is 17.1 Å². The second kappa shape index (κ2) is 4.66. The molecule has 1 aliphatic rings. The van der Waals surface area contributed by atoms with Gasteiger partial charge in [0.05, 0.1) is 0 Å². The van der Waals surface area contributed by atoms with Crippen molar-refractivity contribution in [3.05, 3.63) is 4.60 Å². The molecule has 96 valence electrons. The molecule has 0 spiro atoms. The molecule has 0 aliphatic carbocycles. The third kappa shape index (κ3) is 2.38. The average Bonchev–Trinajstić information content (AvgIpc) is 2.59. The summed E-state index contributed by atoms with van der Waals surface area (Å²) in [7, 11) is -1.91. The van der Waals surface area contributed by atoms with Gasteiger partial charge in [0.1, 0.15) is 0 Å². The molecule has 1 saturated heterocycles. The largest absolute Gasteiger partial charge is 0.263 e. The molecule has 1 aromatic rings. The third-order valence-corrected chi connectivity index (χ3v) is 5.70. The highest BCUT2D eigenvalue weighted by atomic mass is 79.9. The van der Waals surface area contributed by atoms with E-state index >= 15 is 0 Å². The normalized spacial score (nSPS) is 22.9. The third-order valence-electron chi connectivity index (χ3n) is 2.94.